The molecule has 0 amide bonds. The van der Waals surface area contributed by atoms with E-state index in [2.05, 4.69) is 15.9 Å². The van der Waals surface area contributed by atoms with Gasteiger partial charge in [-0.15, -0.1) is 11.3 Å². The van der Waals surface area contributed by atoms with Gasteiger partial charge >= 0.3 is 0 Å². The minimum Gasteiger partial charge on any atom is -0.288 e. The molecule has 1 aromatic heterocycles. The Bertz CT molecular complexity index is 551. The van der Waals surface area contributed by atoms with Gasteiger partial charge in [0.2, 0.25) is 5.78 Å². The second-order valence-electron chi connectivity index (χ2n) is 3.06. The predicted octanol–water partition coefficient (Wildman–Crippen LogP) is 5.05. The lowest BCUT2D eigenvalue weighted by atomic mass is 10.1. The molecule has 0 aliphatic heterocycles. The molecule has 0 N–H and O–H groups in total. The summed E-state index contributed by atoms with van der Waals surface area (Å²) in [5, 5.41) is 0.434. The van der Waals surface area contributed by atoms with Gasteiger partial charge in [-0.1, -0.05) is 39.1 Å². The van der Waals surface area contributed by atoms with Gasteiger partial charge < -0.3 is 0 Å². The van der Waals surface area contributed by atoms with E-state index in [-0.39, 0.29) is 5.78 Å². The maximum absolute atomic E-state index is 12.0. The number of hydrogen-bond donors (Lipinski definition) is 0. The molecule has 0 bridgehead atoms. The van der Waals surface area contributed by atoms with Crippen molar-refractivity contribution in [3.8, 4) is 0 Å². The normalized spacial score (nSPS) is 10.4. The molecule has 1 aromatic carbocycles. The minimum absolute atomic E-state index is 0.102. The number of carbonyl (C=O) groups excluding carboxylic acids is 1. The van der Waals surface area contributed by atoms with Gasteiger partial charge in [0.1, 0.15) is 0 Å². The Morgan fingerprint density at radius 2 is 1.94 bits per heavy atom. The largest absolute Gasteiger partial charge is 0.288 e. The van der Waals surface area contributed by atoms with Gasteiger partial charge in [-0.05, 0) is 30.3 Å². The minimum atomic E-state index is -0.102. The number of rotatable bonds is 2. The zero-order chi connectivity index (χ0) is 11.7. The van der Waals surface area contributed by atoms with Crippen molar-refractivity contribution in [2.45, 2.75) is 0 Å². The van der Waals surface area contributed by atoms with Crippen molar-refractivity contribution in [1.82, 2.24) is 0 Å². The van der Waals surface area contributed by atoms with Gasteiger partial charge in [0.15, 0.2) is 0 Å². The number of hydrogen-bond acceptors (Lipinski definition) is 2. The van der Waals surface area contributed by atoms with Crippen LogP contribution in [-0.2, 0) is 0 Å². The molecular formula is C11H5BrCl2OS. The van der Waals surface area contributed by atoms with E-state index < -0.39 is 0 Å². The number of ketones is 1. The molecule has 0 aliphatic carbocycles. The highest BCUT2D eigenvalue weighted by atomic mass is 79.9. The topological polar surface area (TPSA) is 17.1 Å². The number of benzene rings is 1. The van der Waals surface area contributed by atoms with Gasteiger partial charge in [-0.3, -0.25) is 4.79 Å². The first-order valence-corrected chi connectivity index (χ1v) is 6.69. The molecule has 0 spiro atoms. The average Bonchev–Trinajstić information content (AvgIpc) is 2.64. The lowest BCUT2D eigenvalue weighted by Gasteiger charge is -2.01. The second-order valence-corrected chi connectivity index (χ2v) is 6.10. The van der Waals surface area contributed by atoms with E-state index in [1.807, 2.05) is 0 Å². The quantitative estimate of drug-likeness (QED) is 0.702. The van der Waals surface area contributed by atoms with Crippen LogP contribution in [0.4, 0.5) is 0 Å². The van der Waals surface area contributed by atoms with Crippen LogP contribution in [-0.4, -0.2) is 5.78 Å². The van der Waals surface area contributed by atoms with Crippen molar-refractivity contribution in [3.05, 3.63) is 54.6 Å². The molecule has 0 aliphatic rings. The molecule has 0 radical (unpaired) electrons. The second kappa shape index (κ2) is 4.88. The number of thiophene rings is 1. The highest BCUT2D eigenvalue weighted by molar-refractivity contribution is 9.10. The fraction of sp³-hybridized carbons (Fsp3) is 0. The Balaban J connectivity index is 2.41. The molecule has 0 atom stereocenters. The Hall–Kier alpha value is -0.350. The first kappa shape index (κ1) is 12.1. The summed E-state index contributed by atoms with van der Waals surface area (Å²) < 4.78 is 1.44. The highest BCUT2D eigenvalue weighted by Crippen LogP contribution is 2.28. The molecule has 0 unspecified atom stereocenters. The monoisotopic (exact) mass is 334 g/mol. The van der Waals surface area contributed by atoms with Gasteiger partial charge in [0, 0.05) is 10.0 Å². The van der Waals surface area contributed by atoms with E-state index in [0.717, 1.165) is 4.47 Å². The van der Waals surface area contributed by atoms with Crippen LogP contribution < -0.4 is 0 Å². The Morgan fingerprint density at radius 1 is 1.19 bits per heavy atom. The van der Waals surface area contributed by atoms with Crippen molar-refractivity contribution >= 4 is 56.3 Å². The zero-order valence-electron chi connectivity index (χ0n) is 7.84. The van der Waals surface area contributed by atoms with E-state index in [1.165, 1.54) is 11.3 Å². The van der Waals surface area contributed by atoms with Gasteiger partial charge in [-0.2, -0.15) is 0 Å². The fourth-order valence-corrected chi connectivity index (χ4v) is 3.00. The average molecular weight is 336 g/mol. The third-order valence-electron chi connectivity index (χ3n) is 1.97. The molecular weight excluding hydrogens is 331 g/mol. The van der Waals surface area contributed by atoms with Crippen LogP contribution in [0.15, 0.2) is 34.8 Å². The van der Waals surface area contributed by atoms with Crippen LogP contribution in [0.25, 0.3) is 0 Å². The zero-order valence-corrected chi connectivity index (χ0v) is 11.8. The predicted molar refractivity (Wildman–Crippen MR) is 71.9 cm³/mol. The van der Waals surface area contributed by atoms with Crippen LogP contribution in [0.2, 0.25) is 9.36 Å². The fourth-order valence-electron chi connectivity index (χ4n) is 1.24. The van der Waals surface area contributed by atoms with E-state index in [9.17, 15) is 4.79 Å². The SMILES string of the molecule is O=C(c1ccc(Cl)s1)c1ccc(Br)cc1Cl. The van der Waals surface area contributed by atoms with Crippen LogP contribution in [0.5, 0.6) is 0 Å². The van der Waals surface area contributed by atoms with Crippen molar-refractivity contribution in [2.75, 3.05) is 0 Å². The maximum Gasteiger partial charge on any atom is 0.204 e. The molecule has 5 heteroatoms. The molecule has 1 nitrogen and oxygen atoms in total. The lowest BCUT2D eigenvalue weighted by molar-refractivity contribution is 0.104. The molecule has 82 valence electrons. The Labute approximate surface area is 115 Å². The van der Waals surface area contributed by atoms with Crippen molar-refractivity contribution < 1.29 is 4.79 Å². The van der Waals surface area contributed by atoms with Gasteiger partial charge in [0.25, 0.3) is 0 Å². The summed E-state index contributed by atoms with van der Waals surface area (Å²) in [6, 6.07) is 8.58. The molecule has 1 heterocycles. The van der Waals surface area contributed by atoms with Gasteiger partial charge in [0.05, 0.1) is 14.2 Å². The molecule has 0 saturated carbocycles. The molecule has 16 heavy (non-hydrogen) atoms. The van der Waals surface area contributed by atoms with Gasteiger partial charge in [-0.25, -0.2) is 0 Å². The standard InChI is InChI=1S/C11H5BrCl2OS/c12-6-1-2-7(8(13)5-6)11(15)9-3-4-10(14)16-9/h1-5H. The summed E-state index contributed by atoms with van der Waals surface area (Å²) in [4.78, 5) is 12.6. The maximum atomic E-state index is 12.0. The first-order valence-electron chi connectivity index (χ1n) is 4.33. The first-order chi connectivity index (χ1) is 7.58. The third kappa shape index (κ3) is 2.48. The summed E-state index contributed by atoms with van der Waals surface area (Å²) in [5.74, 6) is -0.102. The van der Waals surface area contributed by atoms with Crippen LogP contribution in [0.1, 0.15) is 15.2 Å². The smallest absolute Gasteiger partial charge is 0.204 e. The molecule has 2 rings (SSSR count). The summed E-state index contributed by atoms with van der Waals surface area (Å²) >= 11 is 16.3. The summed E-state index contributed by atoms with van der Waals surface area (Å²) in [6.07, 6.45) is 0. The summed E-state index contributed by atoms with van der Waals surface area (Å²) in [7, 11) is 0. The van der Waals surface area contributed by atoms with Crippen LogP contribution in [0, 0.1) is 0 Å². The third-order valence-corrected chi connectivity index (χ3v) is 4.01. The van der Waals surface area contributed by atoms with E-state index in [4.69, 9.17) is 23.2 Å². The Morgan fingerprint density at radius 3 is 2.50 bits per heavy atom. The van der Waals surface area contributed by atoms with Crippen molar-refractivity contribution in [3.63, 3.8) is 0 Å². The van der Waals surface area contributed by atoms with Crippen molar-refractivity contribution in [2.24, 2.45) is 0 Å². The van der Waals surface area contributed by atoms with E-state index in [1.54, 1.807) is 30.3 Å². The molecule has 0 saturated heterocycles. The van der Waals surface area contributed by atoms with Crippen molar-refractivity contribution in [1.29, 1.82) is 0 Å². The highest BCUT2D eigenvalue weighted by Gasteiger charge is 2.14. The van der Waals surface area contributed by atoms with Crippen LogP contribution >= 0.6 is 50.5 Å². The summed E-state index contributed by atoms with van der Waals surface area (Å²) in [5.41, 5.74) is 0.489. The van der Waals surface area contributed by atoms with Crippen LogP contribution in [0.3, 0.4) is 0 Å². The summed E-state index contributed by atoms with van der Waals surface area (Å²) in [6.45, 7) is 0. The molecule has 2 aromatic rings. The lowest BCUT2D eigenvalue weighted by Crippen LogP contribution is -1.99. The Kier molecular flexibility index (Phi) is 3.70. The number of carbonyl (C=O) groups is 1. The number of halogens is 3. The van der Waals surface area contributed by atoms with E-state index in [0.29, 0.717) is 19.8 Å². The van der Waals surface area contributed by atoms with E-state index >= 15 is 0 Å². The molecule has 0 fully saturated rings.